The van der Waals surface area contributed by atoms with E-state index in [1.54, 1.807) is 7.05 Å². The first kappa shape index (κ1) is 15.0. The third-order valence-corrected chi connectivity index (χ3v) is 3.55. The first-order valence-electron chi connectivity index (χ1n) is 6.54. The molecule has 2 unspecified atom stereocenters. The monoisotopic (exact) mass is 256 g/mol. The molecular formula is C13H24N2O3. The summed E-state index contributed by atoms with van der Waals surface area (Å²) in [7, 11) is 1.66. The van der Waals surface area contributed by atoms with Crippen LogP contribution in [0.5, 0.6) is 0 Å². The van der Waals surface area contributed by atoms with Crippen molar-refractivity contribution in [2.24, 2.45) is 11.3 Å². The molecule has 5 heteroatoms. The number of rotatable bonds is 5. The lowest BCUT2D eigenvalue weighted by atomic mass is 9.89. The van der Waals surface area contributed by atoms with Gasteiger partial charge in [0.1, 0.15) is 0 Å². The van der Waals surface area contributed by atoms with E-state index >= 15 is 0 Å². The van der Waals surface area contributed by atoms with Crippen molar-refractivity contribution in [3.8, 4) is 0 Å². The molecule has 18 heavy (non-hydrogen) atoms. The maximum atomic E-state index is 11.8. The predicted molar refractivity (Wildman–Crippen MR) is 69.0 cm³/mol. The van der Waals surface area contributed by atoms with E-state index < -0.39 is 0 Å². The second kappa shape index (κ2) is 6.18. The van der Waals surface area contributed by atoms with Gasteiger partial charge in [-0.25, -0.2) is 0 Å². The Hall–Kier alpha value is -1.10. The fraction of sp³-hybridized carbons (Fsp3) is 0.846. The van der Waals surface area contributed by atoms with Gasteiger partial charge >= 0.3 is 5.97 Å². The molecule has 0 radical (unpaired) electrons. The van der Waals surface area contributed by atoms with Crippen LogP contribution in [-0.4, -0.2) is 50.1 Å². The van der Waals surface area contributed by atoms with Crippen LogP contribution in [0.1, 0.15) is 27.2 Å². The van der Waals surface area contributed by atoms with Gasteiger partial charge in [-0.2, -0.15) is 0 Å². The second-order valence-electron chi connectivity index (χ2n) is 5.28. The zero-order valence-corrected chi connectivity index (χ0v) is 11.8. The normalized spacial score (nSPS) is 25.8. The SMILES string of the molecule is CCOC(=O)C(C)CN1CCC(C)(C(=O)NC)C1. The zero-order valence-electron chi connectivity index (χ0n) is 11.8. The molecular weight excluding hydrogens is 232 g/mol. The summed E-state index contributed by atoms with van der Waals surface area (Å²) < 4.78 is 4.99. The molecule has 0 saturated carbocycles. The van der Waals surface area contributed by atoms with Crippen LogP contribution in [0.3, 0.4) is 0 Å². The average molecular weight is 256 g/mol. The summed E-state index contributed by atoms with van der Waals surface area (Å²) in [6.07, 6.45) is 0.836. The lowest BCUT2D eigenvalue weighted by molar-refractivity contribution is -0.147. The second-order valence-corrected chi connectivity index (χ2v) is 5.28. The van der Waals surface area contributed by atoms with Crippen LogP contribution in [0.4, 0.5) is 0 Å². The molecule has 0 aromatic heterocycles. The quantitative estimate of drug-likeness (QED) is 0.734. The summed E-state index contributed by atoms with van der Waals surface area (Å²) in [5.41, 5.74) is -0.330. The van der Waals surface area contributed by atoms with Crippen molar-refractivity contribution < 1.29 is 14.3 Å². The summed E-state index contributed by atoms with van der Waals surface area (Å²) in [4.78, 5) is 25.5. The van der Waals surface area contributed by atoms with Gasteiger partial charge in [0.25, 0.3) is 0 Å². The highest BCUT2D eigenvalue weighted by molar-refractivity contribution is 5.82. The minimum Gasteiger partial charge on any atom is -0.466 e. The molecule has 0 aromatic rings. The highest BCUT2D eigenvalue weighted by atomic mass is 16.5. The summed E-state index contributed by atoms with van der Waals surface area (Å²) in [6.45, 7) is 8.28. The topological polar surface area (TPSA) is 58.6 Å². The van der Waals surface area contributed by atoms with E-state index in [1.165, 1.54) is 0 Å². The van der Waals surface area contributed by atoms with Crippen LogP contribution < -0.4 is 5.32 Å². The molecule has 2 atom stereocenters. The lowest BCUT2D eigenvalue weighted by Gasteiger charge is -2.24. The highest BCUT2D eigenvalue weighted by Gasteiger charge is 2.40. The summed E-state index contributed by atoms with van der Waals surface area (Å²) in [6, 6.07) is 0. The van der Waals surface area contributed by atoms with Crippen LogP contribution in [-0.2, 0) is 14.3 Å². The minimum absolute atomic E-state index is 0.0776. The van der Waals surface area contributed by atoms with Gasteiger partial charge in [0.15, 0.2) is 0 Å². The largest absolute Gasteiger partial charge is 0.466 e. The number of ether oxygens (including phenoxy) is 1. The van der Waals surface area contributed by atoms with Gasteiger partial charge in [-0.3, -0.25) is 9.59 Å². The molecule has 0 aliphatic carbocycles. The number of carbonyl (C=O) groups is 2. The fourth-order valence-corrected chi connectivity index (χ4v) is 2.45. The van der Waals surface area contributed by atoms with Crippen molar-refractivity contribution in [2.75, 3.05) is 33.3 Å². The molecule has 104 valence electrons. The number of nitrogens with one attached hydrogen (secondary N) is 1. The van der Waals surface area contributed by atoms with Crippen LogP contribution in [0, 0.1) is 11.3 Å². The number of nitrogens with zero attached hydrogens (tertiary/aromatic N) is 1. The van der Waals surface area contributed by atoms with Crippen molar-refractivity contribution in [3.63, 3.8) is 0 Å². The van der Waals surface area contributed by atoms with Crippen LogP contribution >= 0.6 is 0 Å². The van der Waals surface area contributed by atoms with E-state index in [1.807, 2.05) is 20.8 Å². The van der Waals surface area contributed by atoms with Crippen molar-refractivity contribution >= 4 is 11.9 Å². The van der Waals surface area contributed by atoms with E-state index in [0.717, 1.165) is 13.0 Å². The summed E-state index contributed by atoms with van der Waals surface area (Å²) in [5.74, 6) is -0.225. The molecule has 1 N–H and O–H groups in total. The molecule has 0 aromatic carbocycles. The molecule has 1 amide bonds. The van der Waals surface area contributed by atoms with Gasteiger partial charge in [-0.15, -0.1) is 0 Å². The Morgan fingerprint density at radius 2 is 2.17 bits per heavy atom. The van der Waals surface area contributed by atoms with Crippen molar-refractivity contribution in [2.45, 2.75) is 27.2 Å². The first-order chi connectivity index (χ1) is 8.42. The van der Waals surface area contributed by atoms with E-state index in [-0.39, 0.29) is 23.2 Å². The molecule has 1 aliphatic rings. The van der Waals surface area contributed by atoms with Crippen molar-refractivity contribution in [1.82, 2.24) is 10.2 Å². The molecule has 0 spiro atoms. The van der Waals surface area contributed by atoms with E-state index in [2.05, 4.69) is 10.2 Å². The third kappa shape index (κ3) is 3.45. The minimum atomic E-state index is -0.330. The van der Waals surface area contributed by atoms with E-state index in [4.69, 9.17) is 4.74 Å². The van der Waals surface area contributed by atoms with Crippen LogP contribution in [0.15, 0.2) is 0 Å². The Bertz CT molecular complexity index is 319. The molecule has 0 bridgehead atoms. The van der Waals surface area contributed by atoms with Gasteiger partial charge in [0.2, 0.25) is 5.91 Å². The Balaban J connectivity index is 2.48. The van der Waals surface area contributed by atoms with Crippen molar-refractivity contribution in [1.29, 1.82) is 0 Å². The number of amides is 1. The number of hydrogen-bond acceptors (Lipinski definition) is 4. The molecule has 1 saturated heterocycles. The van der Waals surface area contributed by atoms with Gasteiger partial charge in [-0.05, 0) is 26.8 Å². The van der Waals surface area contributed by atoms with Crippen LogP contribution in [0.25, 0.3) is 0 Å². The Labute approximate surface area is 109 Å². The Morgan fingerprint density at radius 3 is 2.72 bits per heavy atom. The molecule has 1 rings (SSSR count). The number of likely N-dealkylation sites (tertiary alicyclic amines) is 1. The summed E-state index contributed by atoms with van der Waals surface area (Å²) >= 11 is 0. The standard InChI is InChI=1S/C13H24N2O3/c1-5-18-11(16)10(2)8-15-7-6-13(3,9-15)12(17)14-4/h10H,5-9H2,1-4H3,(H,14,17). The zero-order chi connectivity index (χ0) is 13.8. The first-order valence-corrected chi connectivity index (χ1v) is 6.54. The third-order valence-electron chi connectivity index (χ3n) is 3.55. The fourth-order valence-electron chi connectivity index (χ4n) is 2.45. The Morgan fingerprint density at radius 1 is 1.50 bits per heavy atom. The predicted octanol–water partition coefficient (Wildman–Crippen LogP) is 0.644. The molecule has 1 aliphatic heterocycles. The smallest absolute Gasteiger partial charge is 0.309 e. The molecule has 1 fully saturated rings. The van der Waals surface area contributed by atoms with Gasteiger partial charge in [0.05, 0.1) is 17.9 Å². The molecule has 5 nitrogen and oxygen atoms in total. The average Bonchev–Trinajstić information content (AvgIpc) is 2.71. The van der Waals surface area contributed by atoms with E-state index in [9.17, 15) is 9.59 Å². The number of carbonyl (C=O) groups excluding carboxylic acids is 2. The maximum Gasteiger partial charge on any atom is 0.309 e. The van der Waals surface area contributed by atoms with Gasteiger partial charge in [-0.1, -0.05) is 6.92 Å². The van der Waals surface area contributed by atoms with E-state index in [0.29, 0.717) is 19.7 Å². The summed E-state index contributed by atoms with van der Waals surface area (Å²) in [5, 5.41) is 2.71. The molecule has 1 heterocycles. The Kier molecular flexibility index (Phi) is 5.14. The maximum absolute atomic E-state index is 11.8. The van der Waals surface area contributed by atoms with Gasteiger partial charge in [0, 0.05) is 20.1 Å². The highest BCUT2D eigenvalue weighted by Crippen LogP contribution is 2.30. The number of hydrogen-bond donors (Lipinski definition) is 1. The van der Waals surface area contributed by atoms with Crippen LogP contribution in [0.2, 0.25) is 0 Å². The van der Waals surface area contributed by atoms with Gasteiger partial charge < -0.3 is 15.0 Å². The lowest BCUT2D eigenvalue weighted by Crippen LogP contribution is -2.40. The van der Waals surface area contributed by atoms with Crippen molar-refractivity contribution in [3.05, 3.63) is 0 Å². The number of esters is 1.